The molecule has 0 bridgehead atoms. The van der Waals surface area contributed by atoms with Gasteiger partial charge in [-0.3, -0.25) is 4.90 Å². The van der Waals surface area contributed by atoms with Crippen LogP contribution in [0.4, 0.5) is 0 Å². The maximum Gasteiger partial charge on any atom is 0.103 e. The molecule has 0 radical (unpaired) electrons. The van der Waals surface area contributed by atoms with Crippen LogP contribution in [0.5, 0.6) is 0 Å². The summed E-state index contributed by atoms with van der Waals surface area (Å²) in [5.74, 6) is 0. The summed E-state index contributed by atoms with van der Waals surface area (Å²) >= 11 is 4.93. The van der Waals surface area contributed by atoms with E-state index in [4.69, 9.17) is 22.7 Å². The maximum absolute atomic E-state index is 10.4. The van der Waals surface area contributed by atoms with Gasteiger partial charge in [-0.15, -0.1) is 0 Å². The number of thiocarbonyl (C=S) groups is 1. The van der Waals surface area contributed by atoms with E-state index in [0.717, 1.165) is 24.1 Å². The number of nitrogens with zero attached hydrogens (tertiary/aromatic N) is 1. The Morgan fingerprint density at radius 3 is 2.48 bits per heavy atom. The van der Waals surface area contributed by atoms with Crippen LogP contribution in [0.2, 0.25) is 0 Å². The standard InChI is InChI=1S/C16H26N2O2S/c1-4-12(2)18(9-10-20-3)11-15(19)13-5-7-14(8-6-13)16(17)21/h5-8,12,15,19H,4,9-11H2,1-3H3,(H2,17,21). The van der Waals surface area contributed by atoms with Crippen molar-refractivity contribution in [2.45, 2.75) is 32.4 Å². The molecule has 2 unspecified atom stereocenters. The van der Waals surface area contributed by atoms with Crippen LogP contribution in [-0.4, -0.2) is 47.8 Å². The lowest BCUT2D eigenvalue weighted by Gasteiger charge is -2.30. The third kappa shape index (κ3) is 5.71. The molecule has 0 amide bonds. The number of benzene rings is 1. The van der Waals surface area contributed by atoms with E-state index in [0.29, 0.717) is 24.2 Å². The molecule has 0 fully saturated rings. The molecule has 118 valence electrons. The number of rotatable bonds is 9. The van der Waals surface area contributed by atoms with Gasteiger partial charge in [0.05, 0.1) is 12.7 Å². The molecule has 0 spiro atoms. The van der Waals surface area contributed by atoms with Crippen LogP contribution >= 0.6 is 12.2 Å². The van der Waals surface area contributed by atoms with Crippen molar-refractivity contribution >= 4 is 17.2 Å². The number of aliphatic hydroxyl groups excluding tert-OH is 1. The first-order chi connectivity index (χ1) is 9.99. The molecule has 4 nitrogen and oxygen atoms in total. The Balaban J connectivity index is 2.71. The average molecular weight is 310 g/mol. The summed E-state index contributed by atoms with van der Waals surface area (Å²) in [4.78, 5) is 2.62. The van der Waals surface area contributed by atoms with Gasteiger partial charge >= 0.3 is 0 Å². The topological polar surface area (TPSA) is 58.7 Å². The normalized spacial score (nSPS) is 14.1. The Hall–Kier alpha value is -1.01. The molecule has 0 saturated carbocycles. The molecule has 0 aromatic heterocycles. The van der Waals surface area contributed by atoms with Crippen LogP contribution in [0.25, 0.3) is 0 Å². The zero-order chi connectivity index (χ0) is 15.8. The quantitative estimate of drug-likeness (QED) is 0.684. The fourth-order valence-electron chi connectivity index (χ4n) is 2.16. The predicted molar refractivity (Wildman–Crippen MR) is 90.5 cm³/mol. The van der Waals surface area contributed by atoms with Gasteiger partial charge in [-0.1, -0.05) is 43.4 Å². The van der Waals surface area contributed by atoms with Gasteiger partial charge in [0.2, 0.25) is 0 Å². The minimum atomic E-state index is -0.531. The molecule has 1 rings (SSSR count). The summed E-state index contributed by atoms with van der Waals surface area (Å²) in [6.45, 7) is 6.38. The summed E-state index contributed by atoms with van der Waals surface area (Å²) in [6, 6.07) is 7.87. The minimum Gasteiger partial charge on any atom is -0.389 e. The number of hydrogen-bond acceptors (Lipinski definition) is 4. The van der Waals surface area contributed by atoms with E-state index in [1.165, 1.54) is 0 Å². The molecule has 0 heterocycles. The van der Waals surface area contributed by atoms with E-state index in [1.54, 1.807) is 7.11 Å². The van der Waals surface area contributed by atoms with E-state index >= 15 is 0 Å². The Morgan fingerprint density at radius 2 is 2.00 bits per heavy atom. The van der Waals surface area contributed by atoms with Crippen LogP contribution in [0, 0.1) is 0 Å². The Bertz CT molecular complexity index is 436. The van der Waals surface area contributed by atoms with Crippen LogP contribution in [0.1, 0.15) is 37.5 Å². The second kappa shape index (κ2) is 9.10. The highest BCUT2D eigenvalue weighted by molar-refractivity contribution is 7.80. The van der Waals surface area contributed by atoms with E-state index in [1.807, 2.05) is 24.3 Å². The number of ether oxygens (including phenoxy) is 1. The van der Waals surface area contributed by atoms with Crippen molar-refractivity contribution in [3.05, 3.63) is 35.4 Å². The first-order valence-corrected chi connectivity index (χ1v) is 7.71. The van der Waals surface area contributed by atoms with E-state index in [-0.39, 0.29) is 0 Å². The predicted octanol–water partition coefficient (Wildman–Crippen LogP) is 2.10. The van der Waals surface area contributed by atoms with Crippen molar-refractivity contribution in [2.75, 3.05) is 26.8 Å². The van der Waals surface area contributed by atoms with Gasteiger partial charge in [0.1, 0.15) is 4.99 Å². The van der Waals surface area contributed by atoms with Crippen LogP contribution in [0.15, 0.2) is 24.3 Å². The average Bonchev–Trinajstić information content (AvgIpc) is 2.50. The lowest BCUT2D eigenvalue weighted by molar-refractivity contribution is 0.0668. The molecular weight excluding hydrogens is 284 g/mol. The Labute approximate surface area is 132 Å². The second-order valence-corrected chi connectivity index (χ2v) is 5.69. The van der Waals surface area contributed by atoms with Crippen molar-refractivity contribution in [1.29, 1.82) is 0 Å². The first kappa shape index (κ1) is 18.0. The van der Waals surface area contributed by atoms with Crippen molar-refractivity contribution < 1.29 is 9.84 Å². The van der Waals surface area contributed by atoms with E-state index < -0.39 is 6.10 Å². The summed E-state index contributed by atoms with van der Waals surface area (Å²) < 4.78 is 5.14. The largest absolute Gasteiger partial charge is 0.389 e. The summed E-state index contributed by atoms with van der Waals surface area (Å²) in [5.41, 5.74) is 7.27. The van der Waals surface area contributed by atoms with Crippen molar-refractivity contribution in [3.8, 4) is 0 Å². The summed E-state index contributed by atoms with van der Waals surface area (Å²) in [7, 11) is 1.69. The van der Waals surface area contributed by atoms with Crippen LogP contribution in [-0.2, 0) is 4.74 Å². The molecule has 21 heavy (non-hydrogen) atoms. The number of aliphatic hydroxyl groups is 1. The molecule has 2 atom stereocenters. The first-order valence-electron chi connectivity index (χ1n) is 7.30. The fourth-order valence-corrected chi connectivity index (χ4v) is 2.29. The number of nitrogens with two attached hydrogens (primary N) is 1. The maximum atomic E-state index is 10.4. The van der Waals surface area contributed by atoms with Crippen molar-refractivity contribution in [2.24, 2.45) is 5.73 Å². The number of methoxy groups -OCH3 is 1. The third-order valence-corrected chi connectivity index (χ3v) is 4.02. The van der Waals surface area contributed by atoms with Gasteiger partial charge in [0.15, 0.2) is 0 Å². The van der Waals surface area contributed by atoms with Gasteiger partial charge in [-0.05, 0) is 18.9 Å². The zero-order valence-corrected chi connectivity index (χ0v) is 13.9. The van der Waals surface area contributed by atoms with Crippen molar-refractivity contribution in [3.63, 3.8) is 0 Å². The molecule has 3 N–H and O–H groups in total. The zero-order valence-electron chi connectivity index (χ0n) is 13.1. The Morgan fingerprint density at radius 1 is 1.38 bits per heavy atom. The fraction of sp³-hybridized carbons (Fsp3) is 0.562. The minimum absolute atomic E-state index is 0.373. The summed E-state index contributed by atoms with van der Waals surface area (Å²) in [5, 5.41) is 10.4. The molecule has 1 aromatic carbocycles. The number of hydrogen-bond donors (Lipinski definition) is 2. The summed E-state index contributed by atoms with van der Waals surface area (Å²) in [6.07, 6.45) is 0.507. The lowest BCUT2D eigenvalue weighted by Crippen LogP contribution is -2.38. The molecule has 0 aliphatic rings. The van der Waals surface area contributed by atoms with E-state index in [9.17, 15) is 5.11 Å². The Kier molecular flexibility index (Phi) is 7.82. The van der Waals surface area contributed by atoms with Gasteiger partial charge < -0.3 is 15.6 Å². The molecule has 1 aromatic rings. The smallest absolute Gasteiger partial charge is 0.103 e. The van der Waals surface area contributed by atoms with Crippen LogP contribution in [0.3, 0.4) is 0 Å². The highest BCUT2D eigenvalue weighted by Crippen LogP contribution is 2.17. The van der Waals surface area contributed by atoms with Gasteiger partial charge in [-0.25, -0.2) is 0 Å². The lowest BCUT2D eigenvalue weighted by atomic mass is 10.1. The van der Waals surface area contributed by atoms with Crippen molar-refractivity contribution in [1.82, 2.24) is 4.90 Å². The van der Waals surface area contributed by atoms with Gasteiger partial charge in [0, 0.05) is 31.8 Å². The molecule has 5 heteroatoms. The molecule has 0 saturated heterocycles. The van der Waals surface area contributed by atoms with Gasteiger partial charge in [-0.2, -0.15) is 0 Å². The molecule has 0 aliphatic carbocycles. The third-order valence-electron chi connectivity index (χ3n) is 3.78. The highest BCUT2D eigenvalue weighted by Gasteiger charge is 2.17. The van der Waals surface area contributed by atoms with Gasteiger partial charge in [0.25, 0.3) is 0 Å². The monoisotopic (exact) mass is 310 g/mol. The molecule has 0 aliphatic heterocycles. The molecular formula is C16H26N2O2S. The SMILES string of the molecule is CCC(C)N(CCOC)CC(O)c1ccc(C(N)=S)cc1. The van der Waals surface area contributed by atoms with Crippen LogP contribution < -0.4 is 5.73 Å². The van der Waals surface area contributed by atoms with E-state index in [2.05, 4.69) is 18.7 Å². The highest BCUT2D eigenvalue weighted by atomic mass is 32.1. The second-order valence-electron chi connectivity index (χ2n) is 5.25.